The number of rotatable bonds is 11. The molecule has 0 spiro atoms. The first-order valence-corrected chi connectivity index (χ1v) is 15.7. The first-order valence-electron chi connectivity index (χ1n) is 13.1. The first-order chi connectivity index (χ1) is 21.9. The Morgan fingerprint density at radius 2 is 1.83 bits per heavy atom. The van der Waals surface area contributed by atoms with Gasteiger partial charge in [0.05, 0.1) is 19.5 Å². The topological polar surface area (TPSA) is 343 Å². The number of phosphoric acid groups is 1. The van der Waals surface area contributed by atoms with E-state index in [0.717, 1.165) is 17.3 Å². The number of aromatic amines is 1. The molecule has 2 aliphatic heterocycles. The van der Waals surface area contributed by atoms with Crippen LogP contribution in [0.4, 0.5) is 11.8 Å². The Kier molecular flexibility index (Phi) is 8.79. The summed E-state index contributed by atoms with van der Waals surface area (Å²) < 4.78 is 59.0. The van der Waals surface area contributed by atoms with E-state index >= 15 is 0 Å². The Balaban J connectivity index is 1.23. The van der Waals surface area contributed by atoms with Gasteiger partial charge in [0.1, 0.15) is 36.8 Å². The molecule has 9 N–H and O–H groups in total. The molecule has 248 valence electrons. The quantitative estimate of drug-likeness (QED) is 0.0782. The van der Waals surface area contributed by atoms with Gasteiger partial charge in [-0.25, -0.2) is 19.5 Å². The number of phosphoric ester groups is 1. The van der Waals surface area contributed by atoms with Gasteiger partial charge in [-0.2, -0.15) is 9.67 Å². The maximum Gasteiger partial charge on any atom is 0.695 e. The zero-order valence-electron chi connectivity index (χ0n) is 23.3. The van der Waals surface area contributed by atoms with E-state index in [2.05, 4.69) is 35.2 Å². The lowest BCUT2D eigenvalue weighted by atomic mass is 10.1. The second-order valence-corrected chi connectivity index (χ2v) is 12.0. The van der Waals surface area contributed by atoms with Crippen molar-refractivity contribution in [3.8, 4) is 0 Å². The normalized spacial score (nSPS) is 29.9. The lowest BCUT2D eigenvalue weighted by molar-refractivity contribution is -0.0657. The van der Waals surface area contributed by atoms with Crippen LogP contribution in [0.3, 0.4) is 0 Å². The summed E-state index contributed by atoms with van der Waals surface area (Å²) in [7, 11) is -7.12. The van der Waals surface area contributed by atoms with E-state index < -0.39 is 77.3 Å². The van der Waals surface area contributed by atoms with Gasteiger partial charge in [-0.05, 0) is 0 Å². The Hall–Kier alpha value is -3.64. The molecule has 2 saturated heterocycles. The van der Waals surface area contributed by atoms with Crippen LogP contribution in [0, 0.1) is 0 Å². The van der Waals surface area contributed by atoms with Crippen molar-refractivity contribution in [1.29, 1.82) is 0 Å². The number of anilines is 2. The fraction of sp³-hybridized carbons (Fsp3) is 0.550. The molecular weight excluding hydrogens is 664 g/mol. The number of hydrogen-bond donors (Lipinski definition) is 7. The van der Waals surface area contributed by atoms with Gasteiger partial charge in [-0.3, -0.25) is 23.4 Å². The van der Waals surface area contributed by atoms with Gasteiger partial charge in [-0.15, -0.1) is 14.5 Å². The number of hydrogen-bond acceptors (Lipinski definition) is 19. The first kappa shape index (κ1) is 32.3. The molecule has 24 nitrogen and oxygen atoms in total. The fourth-order valence-electron chi connectivity index (χ4n) is 5.08. The van der Waals surface area contributed by atoms with Crippen LogP contribution in [0.15, 0.2) is 17.4 Å². The highest BCUT2D eigenvalue weighted by molar-refractivity contribution is 7.47. The summed E-state index contributed by atoms with van der Waals surface area (Å²) in [6.45, 7) is -1.02. The summed E-state index contributed by atoms with van der Waals surface area (Å²) in [4.78, 5) is 50.5. The Bertz CT molecular complexity index is 1870. The summed E-state index contributed by atoms with van der Waals surface area (Å²) in [6.07, 6.45) is -9.63. The smallest absolute Gasteiger partial charge is 0.387 e. The number of methoxy groups -OCH3 is 1. The van der Waals surface area contributed by atoms with E-state index in [4.69, 9.17) is 39.2 Å². The second kappa shape index (κ2) is 12.5. The van der Waals surface area contributed by atoms with Crippen molar-refractivity contribution >= 4 is 50.2 Å². The zero-order valence-corrected chi connectivity index (χ0v) is 25.1. The Morgan fingerprint density at radius 1 is 1.07 bits per heavy atom. The average molecular weight is 690 g/mol. The lowest BCUT2D eigenvalue weighted by Crippen LogP contribution is -2.36. The van der Waals surface area contributed by atoms with Crippen molar-refractivity contribution in [2.75, 3.05) is 31.8 Å². The molecule has 26 heteroatoms. The predicted octanol–water partition coefficient (Wildman–Crippen LogP) is -2.78. The van der Waals surface area contributed by atoms with Crippen molar-refractivity contribution in [3.63, 3.8) is 0 Å². The molecule has 6 heterocycles. The second-order valence-electron chi connectivity index (χ2n) is 9.95. The van der Waals surface area contributed by atoms with Gasteiger partial charge in [0.25, 0.3) is 5.56 Å². The monoisotopic (exact) mass is 690 g/mol. The summed E-state index contributed by atoms with van der Waals surface area (Å²) in [6, 6.07) is 0. The highest BCUT2D eigenvalue weighted by atomic mass is 31.2. The Morgan fingerprint density at radius 3 is 2.57 bits per heavy atom. The van der Waals surface area contributed by atoms with Gasteiger partial charge >= 0.3 is 16.1 Å². The van der Waals surface area contributed by atoms with Crippen molar-refractivity contribution in [1.82, 2.24) is 44.5 Å². The van der Waals surface area contributed by atoms with Crippen LogP contribution < -0.4 is 17.0 Å². The molecule has 0 saturated carbocycles. The number of nitrogens with zero attached hydrogens (tertiary/aromatic N) is 8. The minimum absolute atomic E-state index is 0.0212. The molecule has 10 atom stereocenters. The third-order valence-electron chi connectivity index (χ3n) is 7.08. The number of nitrogens with two attached hydrogens (primary N) is 2. The predicted molar refractivity (Wildman–Crippen MR) is 147 cm³/mol. The number of nitrogens with one attached hydrogen (secondary N) is 1. The number of H-pyrrole nitrogens is 1. The summed E-state index contributed by atoms with van der Waals surface area (Å²) in [5.74, 6) is -0.278. The Labute approximate surface area is 255 Å². The number of ether oxygens (including phenoxy) is 3. The van der Waals surface area contributed by atoms with E-state index in [-0.39, 0.29) is 40.7 Å². The average Bonchev–Trinajstić information content (AvgIpc) is 3.74. The van der Waals surface area contributed by atoms with Gasteiger partial charge < -0.3 is 40.8 Å². The minimum Gasteiger partial charge on any atom is -0.387 e. The number of aliphatic hydroxyl groups is 2. The molecule has 0 aromatic carbocycles. The van der Waals surface area contributed by atoms with Crippen LogP contribution in [0.2, 0.25) is 0 Å². The zero-order chi connectivity index (χ0) is 32.9. The number of aromatic nitrogens is 9. The van der Waals surface area contributed by atoms with E-state index in [9.17, 15) is 33.9 Å². The van der Waals surface area contributed by atoms with E-state index in [1.807, 2.05) is 0 Å². The largest absolute Gasteiger partial charge is 0.695 e. The third kappa shape index (κ3) is 5.97. The van der Waals surface area contributed by atoms with Crippen LogP contribution >= 0.6 is 16.1 Å². The van der Waals surface area contributed by atoms with Gasteiger partial charge in [-0.1, -0.05) is 5.21 Å². The van der Waals surface area contributed by atoms with Crippen LogP contribution in [0.25, 0.3) is 22.3 Å². The molecule has 0 amide bonds. The van der Waals surface area contributed by atoms with Gasteiger partial charge in [0, 0.05) is 11.7 Å². The molecule has 2 aliphatic rings. The maximum atomic E-state index is 13.2. The van der Waals surface area contributed by atoms with Crippen LogP contribution in [0.1, 0.15) is 12.5 Å². The SMILES string of the molecule is COC[C@H]1O[C@@H](n2cnc3c(=O)[nH]c(N)nc32)[C@H](OP(=O)(O)OC[C@H]2O[C@@H](n3nnc4c(N)ncnc43)[C@H](O)[C@@H]2O[P+](=O)O)[C@@H]1O. The van der Waals surface area contributed by atoms with Gasteiger partial charge in [0.15, 0.2) is 46.7 Å². The molecule has 2 fully saturated rings. The van der Waals surface area contributed by atoms with Gasteiger partial charge in [0.2, 0.25) is 5.95 Å². The summed E-state index contributed by atoms with van der Waals surface area (Å²) in [5, 5.41) is 29.6. The number of aliphatic hydroxyl groups excluding tert-OH is 2. The molecule has 4 aromatic heterocycles. The molecule has 2 unspecified atom stereocenters. The highest BCUT2D eigenvalue weighted by Crippen LogP contribution is 2.50. The molecule has 0 radical (unpaired) electrons. The van der Waals surface area contributed by atoms with Crippen LogP contribution in [-0.2, 0) is 36.9 Å². The lowest BCUT2D eigenvalue weighted by Gasteiger charge is -2.24. The van der Waals surface area contributed by atoms with E-state index in [1.165, 1.54) is 11.7 Å². The number of imidazole rings is 1. The maximum absolute atomic E-state index is 13.2. The molecule has 0 bridgehead atoms. The minimum atomic E-state index is -5.15. The molecule has 46 heavy (non-hydrogen) atoms. The number of fused-ring (bicyclic) bond motifs is 2. The number of nitrogen functional groups attached to an aromatic ring is 2. The summed E-state index contributed by atoms with van der Waals surface area (Å²) >= 11 is 0. The van der Waals surface area contributed by atoms with E-state index in [0.29, 0.717) is 0 Å². The van der Waals surface area contributed by atoms with Crippen molar-refractivity contribution in [3.05, 3.63) is 23.0 Å². The standard InChI is InChI=1S/C20H25N11O13P2/c1-39-2-6-10(32)13(19(41-6)30-5-25-9-16(30)26-20(22)27-17(9)34)44-46(37,38)40-3-7-12(43-45(35)36)11(33)18(42-7)31-15-8(28-29-31)14(21)23-4-24-15/h4-7,10-13,18-19,32-33H,2-3H2,1H3,(H6-,21,22,23,24,26,27,29,34,35,36,37,38)/p+1/t6-,7-,10-,11-,12-,13-,18-,19-/m1/s1. The van der Waals surface area contributed by atoms with E-state index in [1.54, 1.807) is 0 Å². The summed E-state index contributed by atoms with van der Waals surface area (Å²) in [5.41, 5.74) is 10.7. The van der Waals surface area contributed by atoms with Crippen molar-refractivity contribution in [2.24, 2.45) is 0 Å². The fourth-order valence-corrected chi connectivity index (χ4v) is 6.48. The van der Waals surface area contributed by atoms with Crippen LogP contribution in [-0.4, -0.2) is 121 Å². The highest BCUT2D eigenvalue weighted by Gasteiger charge is 2.53. The molecular formula is C20H26N11O13P2+. The molecule has 6 rings (SSSR count). The molecule has 0 aliphatic carbocycles. The van der Waals surface area contributed by atoms with Crippen molar-refractivity contribution in [2.45, 2.75) is 49.1 Å². The van der Waals surface area contributed by atoms with Crippen LogP contribution in [0.5, 0.6) is 0 Å². The van der Waals surface area contributed by atoms with Crippen molar-refractivity contribution < 1.29 is 56.9 Å². The molecule has 4 aromatic rings. The third-order valence-corrected chi connectivity index (χ3v) is 8.49.